The number of allylic oxidation sites excluding steroid dienone is 2. The minimum Gasteiger partial charge on any atom is -0.171 e. The molecule has 0 nitrogen and oxygen atoms in total. The van der Waals surface area contributed by atoms with Crippen LogP contribution < -0.4 is 0 Å². The standard InChI is InChI=1S/C7H8BrF3/c8-6-3-1-2-5(4-6)7(9,10)11/h1,3,5-6H,2,4H2. The zero-order chi connectivity index (χ0) is 8.48. The van der Waals surface area contributed by atoms with Gasteiger partial charge in [-0.1, -0.05) is 28.1 Å². The lowest BCUT2D eigenvalue weighted by Crippen LogP contribution is -2.26. The maximum absolute atomic E-state index is 12.1. The van der Waals surface area contributed by atoms with Crippen molar-refractivity contribution in [3.63, 3.8) is 0 Å². The number of hydrogen-bond donors (Lipinski definition) is 0. The van der Waals surface area contributed by atoms with Crippen LogP contribution in [0.4, 0.5) is 13.2 Å². The highest BCUT2D eigenvalue weighted by molar-refractivity contribution is 9.09. The molecule has 2 unspecified atom stereocenters. The summed E-state index contributed by atoms with van der Waals surface area (Å²) in [4.78, 5) is -0.108. The average molecular weight is 229 g/mol. The first-order valence-electron chi connectivity index (χ1n) is 3.37. The predicted octanol–water partition coefficient (Wildman–Crippen LogP) is 3.28. The Labute approximate surface area is 71.6 Å². The molecule has 4 heteroatoms. The maximum atomic E-state index is 12.1. The second-order valence-corrected chi connectivity index (χ2v) is 3.83. The van der Waals surface area contributed by atoms with Crippen molar-refractivity contribution >= 4 is 15.9 Å². The topological polar surface area (TPSA) is 0 Å². The van der Waals surface area contributed by atoms with Crippen LogP contribution >= 0.6 is 15.9 Å². The third-order valence-electron chi connectivity index (χ3n) is 1.74. The molecule has 0 bridgehead atoms. The summed E-state index contributed by atoms with van der Waals surface area (Å²) in [5.41, 5.74) is 0. The van der Waals surface area contributed by atoms with E-state index in [0.29, 0.717) is 0 Å². The van der Waals surface area contributed by atoms with Crippen molar-refractivity contribution in [2.75, 3.05) is 0 Å². The van der Waals surface area contributed by atoms with Gasteiger partial charge in [0.05, 0.1) is 5.92 Å². The molecule has 0 heterocycles. The van der Waals surface area contributed by atoms with Gasteiger partial charge in [0.15, 0.2) is 0 Å². The summed E-state index contributed by atoms with van der Waals surface area (Å²) >= 11 is 3.13. The first kappa shape index (κ1) is 9.10. The lowest BCUT2D eigenvalue weighted by Gasteiger charge is -2.23. The van der Waals surface area contributed by atoms with Gasteiger partial charge in [0, 0.05) is 4.83 Å². The largest absolute Gasteiger partial charge is 0.392 e. The van der Waals surface area contributed by atoms with E-state index in [4.69, 9.17) is 0 Å². The fourth-order valence-electron chi connectivity index (χ4n) is 1.10. The molecule has 0 saturated heterocycles. The molecule has 0 aliphatic heterocycles. The monoisotopic (exact) mass is 228 g/mol. The van der Waals surface area contributed by atoms with Crippen LogP contribution in [0.2, 0.25) is 0 Å². The molecule has 0 radical (unpaired) electrons. The van der Waals surface area contributed by atoms with Gasteiger partial charge in [0.1, 0.15) is 0 Å². The second-order valence-electron chi connectivity index (χ2n) is 2.65. The summed E-state index contributed by atoms with van der Waals surface area (Å²) < 4.78 is 36.2. The van der Waals surface area contributed by atoms with Gasteiger partial charge in [-0.3, -0.25) is 0 Å². The summed E-state index contributed by atoms with van der Waals surface area (Å²) in [5, 5.41) is 0. The Morgan fingerprint density at radius 2 is 2.00 bits per heavy atom. The molecule has 0 aromatic heterocycles. The lowest BCUT2D eigenvalue weighted by atomic mass is 9.94. The van der Waals surface area contributed by atoms with E-state index in [9.17, 15) is 13.2 Å². The highest BCUT2D eigenvalue weighted by atomic mass is 79.9. The van der Waals surface area contributed by atoms with Gasteiger partial charge in [0.25, 0.3) is 0 Å². The van der Waals surface area contributed by atoms with Gasteiger partial charge in [-0.05, 0) is 12.8 Å². The van der Waals surface area contributed by atoms with Crippen LogP contribution in [0.15, 0.2) is 12.2 Å². The molecule has 0 amide bonds. The van der Waals surface area contributed by atoms with Crippen molar-refractivity contribution in [2.45, 2.75) is 23.8 Å². The van der Waals surface area contributed by atoms with Crippen LogP contribution in [-0.4, -0.2) is 11.0 Å². The summed E-state index contributed by atoms with van der Waals surface area (Å²) in [5.74, 6) is -1.16. The van der Waals surface area contributed by atoms with Crippen molar-refractivity contribution in [1.82, 2.24) is 0 Å². The van der Waals surface area contributed by atoms with Crippen molar-refractivity contribution < 1.29 is 13.2 Å². The van der Waals surface area contributed by atoms with E-state index in [2.05, 4.69) is 15.9 Å². The summed E-state index contributed by atoms with van der Waals surface area (Å²) in [7, 11) is 0. The maximum Gasteiger partial charge on any atom is 0.392 e. The summed E-state index contributed by atoms with van der Waals surface area (Å²) in [6.07, 6.45) is -0.383. The van der Waals surface area contributed by atoms with Crippen molar-refractivity contribution in [2.24, 2.45) is 5.92 Å². The van der Waals surface area contributed by atoms with Gasteiger partial charge in [-0.2, -0.15) is 13.2 Å². The van der Waals surface area contributed by atoms with Gasteiger partial charge >= 0.3 is 6.18 Å². The van der Waals surface area contributed by atoms with E-state index < -0.39 is 12.1 Å². The fraction of sp³-hybridized carbons (Fsp3) is 0.714. The smallest absolute Gasteiger partial charge is 0.171 e. The summed E-state index contributed by atoms with van der Waals surface area (Å²) in [6, 6.07) is 0. The van der Waals surface area contributed by atoms with Gasteiger partial charge < -0.3 is 0 Å². The Hall–Kier alpha value is 0.01000. The SMILES string of the molecule is FC(F)(F)C1CC=CC(Br)C1. The minimum atomic E-state index is -4.03. The first-order chi connectivity index (χ1) is 5.00. The van der Waals surface area contributed by atoms with Crippen LogP contribution in [0.25, 0.3) is 0 Å². The van der Waals surface area contributed by atoms with Crippen LogP contribution in [0.3, 0.4) is 0 Å². The quantitative estimate of drug-likeness (QED) is 0.441. The normalized spacial score (nSPS) is 32.4. The molecule has 0 N–H and O–H groups in total. The lowest BCUT2D eigenvalue weighted by molar-refractivity contribution is -0.175. The second kappa shape index (κ2) is 3.17. The molecule has 1 rings (SSSR count). The molecule has 0 aromatic carbocycles. The third kappa shape index (κ3) is 2.51. The Morgan fingerprint density at radius 1 is 1.36 bits per heavy atom. The van der Waals surface area contributed by atoms with E-state index >= 15 is 0 Å². The first-order valence-corrected chi connectivity index (χ1v) is 4.29. The number of alkyl halides is 4. The van der Waals surface area contributed by atoms with E-state index in [-0.39, 0.29) is 17.7 Å². The summed E-state index contributed by atoms with van der Waals surface area (Å²) in [6.45, 7) is 0. The van der Waals surface area contributed by atoms with Crippen molar-refractivity contribution in [1.29, 1.82) is 0 Å². The van der Waals surface area contributed by atoms with E-state index in [1.54, 1.807) is 12.2 Å². The van der Waals surface area contributed by atoms with Gasteiger partial charge in [-0.15, -0.1) is 0 Å². The molecular formula is C7H8BrF3. The Morgan fingerprint density at radius 3 is 2.36 bits per heavy atom. The molecular weight excluding hydrogens is 221 g/mol. The van der Waals surface area contributed by atoms with Gasteiger partial charge in [-0.25, -0.2) is 0 Å². The van der Waals surface area contributed by atoms with Crippen LogP contribution in [0.5, 0.6) is 0 Å². The fourth-order valence-corrected chi connectivity index (χ4v) is 1.77. The van der Waals surface area contributed by atoms with Crippen molar-refractivity contribution in [3.05, 3.63) is 12.2 Å². The molecule has 0 saturated carbocycles. The van der Waals surface area contributed by atoms with Crippen LogP contribution in [0, 0.1) is 5.92 Å². The van der Waals surface area contributed by atoms with Gasteiger partial charge in [0.2, 0.25) is 0 Å². The molecule has 0 spiro atoms. The Balaban J connectivity index is 2.57. The third-order valence-corrected chi connectivity index (χ3v) is 2.42. The molecule has 11 heavy (non-hydrogen) atoms. The molecule has 64 valence electrons. The number of halogens is 4. The molecule has 1 aliphatic rings. The van der Waals surface area contributed by atoms with Crippen molar-refractivity contribution in [3.8, 4) is 0 Å². The Bertz CT molecular complexity index is 162. The Kier molecular flexibility index (Phi) is 2.62. The highest BCUT2D eigenvalue weighted by Crippen LogP contribution is 2.36. The zero-order valence-electron chi connectivity index (χ0n) is 5.74. The molecule has 1 aliphatic carbocycles. The van der Waals surface area contributed by atoms with Crippen LogP contribution in [-0.2, 0) is 0 Å². The zero-order valence-corrected chi connectivity index (χ0v) is 7.32. The minimum absolute atomic E-state index is 0.108. The number of rotatable bonds is 0. The van der Waals surface area contributed by atoms with E-state index in [1.807, 2.05) is 0 Å². The average Bonchev–Trinajstić information content (AvgIpc) is 1.86. The van der Waals surface area contributed by atoms with E-state index in [0.717, 1.165) is 0 Å². The van der Waals surface area contributed by atoms with E-state index in [1.165, 1.54) is 0 Å². The molecule has 0 aromatic rings. The molecule has 2 atom stereocenters. The highest BCUT2D eigenvalue weighted by Gasteiger charge is 2.40. The van der Waals surface area contributed by atoms with Crippen LogP contribution in [0.1, 0.15) is 12.8 Å². The predicted molar refractivity (Wildman–Crippen MR) is 40.6 cm³/mol. The number of hydrogen-bond acceptors (Lipinski definition) is 0. The molecule has 0 fully saturated rings.